The van der Waals surface area contributed by atoms with Gasteiger partial charge < -0.3 is 27.8 Å². The Bertz CT molecular complexity index is 3420. The van der Waals surface area contributed by atoms with Crippen molar-refractivity contribution in [3.8, 4) is 104 Å². The lowest BCUT2D eigenvalue weighted by Crippen LogP contribution is -2.10. The molecule has 0 radical (unpaired) electrons. The first-order chi connectivity index (χ1) is 42.7. The number of aromatic nitrogens is 4. The van der Waals surface area contributed by atoms with Crippen LogP contribution in [-0.2, 0) is 10.8 Å². The van der Waals surface area contributed by atoms with Gasteiger partial charge in [0, 0.05) is 57.6 Å². The predicted octanol–water partition coefficient (Wildman–Crippen LogP) is 19.8. The fraction of sp³-hybridized carbons (Fsp3) is 0.410. The third-order valence-electron chi connectivity index (χ3n) is 15.3. The molecule has 10 nitrogen and oxygen atoms in total. The number of benzene rings is 6. The fourth-order valence-corrected chi connectivity index (χ4v) is 9.78. The molecule has 2 heterocycles. The van der Waals surface area contributed by atoms with Gasteiger partial charge in [-0.2, -0.15) is 0 Å². The minimum absolute atomic E-state index is 0.0490. The van der Waals surface area contributed by atoms with Gasteiger partial charge in [-0.05, 0) is 120 Å². The molecule has 458 valence electrons. The standard InChI is InChI=1S/C78H90N4O6/c1-11-15-19-23-49-83-69-55-65(71(85-51-25-21-17-13-3)53-63(69)37-31-57-27-33-59(34-28-57)73-79-81-75(87-73)61-41-45-67(46-42-61)77(5,6)7)39-40-66-56-70(84-50-24-20-16-12-2)64(54-72(66)86-52-26-22-18-14-4)38-32-58-29-35-60(36-30-58)74-80-82-76(88-74)62-43-47-68(48-44-62)78(8,9)10/h27-30,33-36,41-48,53-56H,11-26,49-52H2,1-10H3. The zero-order valence-electron chi connectivity index (χ0n) is 53.9. The summed E-state index contributed by atoms with van der Waals surface area (Å²) in [6, 6.07) is 40.3. The summed E-state index contributed by atoms with van der Waals surface area (Å²) in [7, 11) is 0. The van der Waals surface area contributed by atoms with E-state index in [1.54, 1.807) is 0 Å². The highest BCUT2D eigenvalue weighted by Crippen LogP contribution is 2.34. The summed E-state index contributed by atoms with van der Waals surface area (Å²) in [5.41, 5.74) is 10.5. The van der Waals surface area contributed by atoms with Gasteiger partial charge in [0.1, 0.15) is 23.0 Å². The highest BCUT2D eigenvalue weighted by molar-refractivity contribution is 5.66. The minimum Gasteiger partial charge on any atom is -0.492 e. The normalized spacial score (nSPS) is 11.2. The Morgan fingerprint density at radius 1 is 0.307 bits per heavy atom. The van der Waals surface area contributed by atoms with E-state index in [0.717, 1.165) is 147 Å². The van der Waals surface area contributed by atoms with Crippen LogP contribution in [0.3, 0.4) is 0 Å². The first-order valence-electron chi connectivity index (χ1n) is 32.3. The molecule has 0 saturated heterocycles. The lowest BCUT2D eigenvalue weighted by atomic mass is 9.87. The van der Waals surface area contributed by atoms with Gasteiger partial charge in [0.25, 0.3) is 0 Å². The summed E-state index contributed by atoms with van der Waals surface area (Å²) in [6.07, 6.45) is 17.1. The number of ether oxygens (including phenoxy) is 4. The predicted molar refractivity (Wildman–Crippen MR) is 357 cm³/mol. The van der Waals surface area contributed by atoms with Crippen LogP contribution in [0.5, 0.6) is 23.0 Å². The van der Waals surface area contributed by atoms with Gasteiger partial charge in [-0.1, -0.05) is 206 Å². The Balaban J connectivity index is 1.11. The van der Waals surface area contributed by atoms with Crippen molar-refractivity contribution in [2.24, 2.45) is 0 Å². The van der Waals surface area contributed by atoms with Crippen molar-refractivity contribution < 1.29 is 27.8 Å². The second kappa shape index (κ2) is 33.0. The van der Waals surface area contributed by atoms with Crippen LogP contribution in [0.4, 0.5) is 0 Å². The molecule has 0 fully saturated rings. The van der Waals surface area contributed by atoms with E-state index in [0.29, 0.717) is 84.1 Å². The van der Waals surface area contributed by atoms with Crippen molar-refractivity contribution in [3.05, 3.63) is 166 Å². The molecule has 0 bridgehead atoms. The first kappa shape index (κ1) is 65.5. The largest absolute Gasteiger partial charge is 0.492 e. The van der Waals surface area contributed by atoms with Crippen molar-refractivity contribution in [2.45, 2.75) is 183 Å². The van der Waals surface area contributed by atoms with Gasteiger partial charge in [0.05, 0.1) is 48.7 Å². The third-order valence-corrected chi connectivity index (χ3v) is 15.3. The molecule has 2 aromatic heterocycles. The number of unbranched alkanes of at least 4 members (excludes halogenated alkanes) is 12. The van der Waals surface area contributed by atoms with E-state index in [1.165, 1.54) is 11.1 Å². The smallest absolute Gasteiger partial charge is 0.248 e. The lowest BCUT2D eigenvalue weighted by molar-refractivity contribution is 0.295. The van der Waals surface area contributed by atoms with Gasteiger partial charge in [-0.15, -0.1) is 20.4 Å². The molecule has 0 N–H and O–H groups in total. The fourth-order valence-electron chi connectivity index (χ4n) is 9.78. The van der Waals surface area contributed by atoms with E-state index in [2.05, 4.69) is 149 Å². The second-order valence-electron chi connectivity index (χ2n) is 24.7. The second-order valence-corrected chi connectivity index (χ2v) is 24.7. The van der Waals surface area contributed by atoms with E-state index in [9.17, 15) is 0 Å². The van der Waals surface area contributed by atoms with E-state index >= 15 is 0 Å². The lowest BCUT2D eigenvalue weighted by Gasteiger charge is -2.18. The van der Waals surface area contributed by atoms with Crippen LogP contribution >= 0.6 is 0 Å². The Kier molecular flexibility index (Phi) is 24.5. The first-order valence-corrected chi connectivity index (χ1v) is 32.3. The molecular weight excluding hydrogens is 1090 g/mol. The summed E-state index contributed by atoms with van der Waals surface area (Å²) >= 11 is 0. The van der Waals surface area contributed by atoms with Crippen LogP contribution in [0.25, 0.3) is 45.8 Å². The molecule has 0 saturated carbocycles. The molecule has 0 atom stereocenters. The molecule has 0 amide bonds. The number of hydrogen-bond donors (Lipinski definition) is 0. The van der Waals surface area contributed by atoms with Crippen molar-refractivity contribution in [3.63, 3.8) is 0 Å². The Labute approximate surface area is 525 Å². The van der Waals surface area contributed by atoms with Gasteiger partial charge in [-0.25, -0.2) is 0 Å². The molecule has 0 aliphatic heterocycles. The zero-order chi connectivity index (χ0) is 62.1. The minimum atomic E-state index is 0.0490. The van der Waals surface area contributed by atoms with Gasteiger partial charge in [0.2, 0.25) is 23.6 Å². The average molecular weight is 1180 g/mol. The Morgan fingerprint density at radius 2 is 0.545 bits per heavy atom. The third kappa shape index (κ3) is 19.5. The van der Waals surface area contributed by atoms with Gasteiger partial charge in [0.15, 0.2) is 0 Å². The van der Waals surface area contributed by atoms with Crippen molar-refractivity contribution in [1.29, 1.82) is 0 Å². The number of hydrogen-bond acceptors (Lipinski definition) is 10. The molecule has 8 aromatic rings. The maximum Gasteiger partial charge on any atom is 0.248 e. The summed E-state index contributed by atoms with van der Waals surface area (Å²) in [4.78, 5) is 0. The Morgan fingerprint density at radius 3 is 0.784 bits per heavy atom. The van der Waals surface area contributed by atoms with Crippen LogP contribution in [-0.4, -0.2) is 46.8 Å². The summed E-state index contributed by atoms with van der Waals surface area (Å²) in [5.74, 6) is 25.3. The number of nitrogens with zero attached hydrogens (tertiary/aromatic N) is 4. The van der Waals surface area contributed by atoms with Gasteiger partial charge >= 0.3 is 0 Å². The van der Waals surface area contributed by atoms with Crippen LogP contribution in [0.15, 0.2) is 130 Å². The molecule has 10 heteroatoms. The van der Waals surface area contributed by atoms with Crippen molar-refractivity contribution in [1.82, 2.24) is 20.4 Å². The Hall–Kier alpha value is -8.52. The van der Waals surface area contributed by atoms with E-state index in [4.69, 9.17) is 27.8 Å². The highest BCUT2D eigenvalue weighted by Gasteiger charge is 2.19. The van der Waals surface area contributed by atoms with Crippen molar-refractivity contribution >= 4 is 0 Å². The number of rotatable bonds is 28. The zero-order valence-corrected chi connectivity index (χ0v) is 53.9. The van der Waals surface area contributed by atoms with E-state index in [-0.39, 0.29) is 10.8 Å². The highest BCUT2D eigenvalue weighted by atomic mass is 16.5. The topological polar surface area (TPSA) is 115 Å². The van der Waals surface area contributed by atoms with E-state index in [1.807, 2.05) is 97.1 Å². The van der Waals surface area contributed by atoms with Crippen LogP contribution < -0.4 is 18.9 Å². The molecule has 0 aliphatic carbocycles. The molecule has 0 unspecified atom stereocenters. The molecule has 0 spiro atoms. The molecule has 0 aliphatic rings. The van der Waals surface area contributed by atoms with Gasteiger partial charge in [-0.3, -0.25) is 0 Å². The van der Waals surface area contributed by atoms with Crippen LogP contribution in [0.1, 0.15) is 216 Å². The van der Waals surface area contributed by atoms with E-state index < -0.39 is 0 Å². The SMILES string of the molecule is CCCCCCOc1cc(C#Cc2cc(OCCCCCC)c(C#Cc3ccc(-c4nnc(-c5ccc(C(C)(C)C)cc5)o4)cc3)cc2OCCCCCC)c(OCCCCCC)cc1C#Cc1ccc(-c2nnc(-c3ccc(C(C)(C)C)cc3)o2)cc1. The molecular formula is C78H90N4O6. The maximum atomic E-state index is 6.66. The van der Waals surface area contributed by atoms with Crippen LogP contribution in [0, 0.1) is 35.5 Å². The molecule has 6 aromatic carbocycles. The van der Waals surface area contributed by atoms with Crippen LogP contribution in [0.2, 0.25) is 0 Å². The average Bonchev–Trinajstić information content (AvgIpc) is 4.01. The monoisotopic (exact) mass is 1180 g/mol. The van der Waals surface area contributed by atoms with Crippen molar-refractivity contribution in [2.75, 3.05) is 26.4 Å². The quantitative estimate of drug-likeness (QED) is 0.0347. The molecule has 88 heavy (non-hydrogen) atoms. The maximum absolute atomic E-state index is 6.66. The summed E-state index contributed by atoms with van der Waals surface area (Å²) < 4.78 is 38.9. The molecule has 8 rings (SSSR count). The summed E-state index contributed by atoms with van der Waals surface area (Å²) in [6.45, 7) is 24.3. The summed E-state index contributed by atoms with van der Waals surface area (Å²) in [5, 5.41) is 17.5.